The molecule has 0 spiro atoms. The average Bonchev–Trinajstić information content (AvgIpc) is 2.61. The third kappa shape index (κ3) is 1.57. The third-order valence-corrected chi connectivity index (χ3v) is 4.80. The number of hydrogen-bond acceptors (Lipinski definition) is 1. The quantitative estimate of drug-likeness (QED) is 0.493. The van der Waals surface area contributed by atoms with Crippen molar-refractivity contribution in [1.82, 2.24) is 0 Å². The van der Waals surface area contributed by atoms with Crippen LogP contribution in [0.25, 0.3) is 0 Å². The predicted octanol–water partition coefficient (Wildman–Crippen LogP) is 3.57. The van der Waals surface area contributed by atoms with Crippen molar-refractivity contribution < 1.29 is 4.74 Å². The Labute approximate surface area is 93.2 Å². The van der Waals surface area contributed by atoms with Gasteiger partial charge in [0, 0.05) is 6.61 Å². The summed E-state index contributed by atoms with van der Waals surface area (Å²) >= 11 is 0. The van der Waals surface area contributed by atoms with Crippen LogP contribution in [0.3, 0.4) is 0 Å². The first-order chi connectivity index (χ1) is 7.12. The summed E-state index contributed by atoms with van der Waals surface area (Å²) in [6.45, 7) is 10.1. The number of rotatable bonds is 5. The van der Waals surface area contributed by atoms with E-state index in [4.69, 9.17) is 4.74 Å². The number of allylic oxidation sites excluding steroid dienone is 2. The summed E-state index contributed by atoms with van der Waals surface area (Å²) in [6, 6.07) is 0. The lowest BCUT2D eigenvalue weighted by molar-refractivity contribution is 0.0700. The zero-order valence-corrected chi connectivity index (χ0v) is 9.96. The van der Waals surface area contributed by atoms with E-state index < -0.39 is 0 Å². The molecule has 0 N–H and O–H groups in total. The van der Waals surface area contributed by atoms with E-state index in [1.165, 1.54) is 19.3 Å². The summed E-state index contributed by atoms with van der Waals surface area (Å²) in [7, 11) is 0. The molecule has 2 bridgehead atoms. The molecule has 1 fully saturated rings. The first kappa shape index (κ1) is 10.9. The van der Waals surface area contributed by atoms with Crippen LogP contribution in [0.5, 0.6) is 0 Å². The van der Waals surface area contributed by atoms with E-state index in [0.717, 1.165) is 12.5 Å². The molecule has 0 saturated heterocycles. The van der Waals surface area contributed by atoms with E-state index in [1.54, 1.807) is 0 Å². The van der Waals surface area contributed by atoms with Gasteiger partial charge < -0.3 is 4.74 Å². The van der Waals surface area contributed by atoms with Gasteiger partial charge in [-0.15, -0.1) is 6.58 Å². The minimum absolute atomic E-state index is 0.426. The summed E-state index contributed by atoms with van der Waals surface area (Å²) in [6.07, 6.45) is 10.6. The summed E-state index contributed by atoms with van der Waals surface area (Å²) < 4.78 is 5.53. The first-order valence-corrected chi connectivity index (χ1v) is 6.00. The minimum atomic E-state index is 0.426. The molecule has 0 amide bonds. The van der Waals surface area contributed by atoms with Crippen LogP contribution in [0, 0.1) is 16.7 Å². The Hall–Kier alpha value is -0.560. The Morgan fingerprint density at radius 1 is 1.53 bits per heavy atom. The van der Waals surface area contributed by atoms with E-state index in [-0.39, 0.29) is 0 Å². The molecule has 0 aliphatic heterocycles. The Morgan fingerprint density at radius 2 is 2.33 bits per heavy atom. The van der Waals surface area contributed by atoms with Crippen LogP contribution in [0.2, 0.25) is 0 Å². The molecular formula is C14H22O. The van der Waals surface area contributed by atoms with Gasteiger partial charge in [0.05, 0.1) is 6.61 Å². The monoisotopic (exact) mass is 206 g/mol. The Kier molecular flexibility index (Phi) is 2.76. The molecular weight excluding hydrogens is 184 g/mol. The van der Waals surface area contributed by atoms with Crippen LogP contribution < -0.4 is 0 Å². The van der Waals surface area contributed by atoms with Crippen molar-refractivity contribution in [2.24, 2.45) is 16.7 Å². The maximum atomic E-state index is 5.53. The van der Waals surface area contributed by atoms with Gasteiger partial charge in [0.15, 0.2) is 0 Å². The maximum absolute atomic E-state index is 5.53. The fraction of sp³-hybridized carbons (Fsp3) is 0.714. The number of fused-ring (bicyclic) bond motifs is 2. The molecule has 0 aromatic rings. The zero-order valence-electron chi connectivity index (χ0n) is 9.96. The molecule has 1 heteroatoms. The lowest BCUT2D eigenvalue weighted by Gasteiger charge is -2.38. The zero-order chi connectivity index (χ0) is 10.9. The molecule has 2 rings (SSSR count). The molecule has 3 atom stereocenters. The molecule has 15 heavy (non-hydrogen) atoms. The fourth-order valence-corrected chi connectivity index (χ4v) is 3.32. The minimum Gasteiger partial charge on any atom is -0.377 e. The van der Waals surface area contributed by atoms with Crippen LogP contribution >= 0.6 is 0 Å². The van der Waals surface area contributed by atoms with Gasteiger partial charge in [-0.2, -0.15) is 0 Å². The summed E-state index contributed by atoms with van der Waals surface area (Å²) in [4.78, 5) is 0. The second-order valence-electron chi connectivity index (χ2n) is 5.45. The third-order valence-electron chi connectivity index (χ3n) is 4.80. The Balaban J connectivity index is 1.94. The highest BCUT2D eigenvalue weighted by atomic mass is 16.5. The Bertz CT molecular complexity index is 281. The topological polar surface area (TPSA) is 9.23 Å². The van der Waals surface area contributed by atoms with Gasteiger partial charge >= 0.3 is 0 Å². The van der Waals surface area contributed by atoms with Crippen LogP contribution in [0.1, 0.15) is 33.1 Å². The van der Waals surface area contributed by atoms with E-state index in [0.29, 0.717) is 17.4 Å². The standard InChI is InChI=1S/C14H22O/c1-4-10-15-11-9-14(3)12-5-7-13(14,2)8-6-12/h4-5,7,12H,1,6,8-11H2,2-3H3. The van der Waals surface area contributed by atoms with Gasteiger partial charge in [0.2, 0.25) is 0 Å². The van der Waals surface area contributed by atoms with Crippen molar-refractivity contribution in [3.8, 4) is 0 Å². The summed E-state index contributed by atoms with van der Waals surface area (Å²) in [5.41, 5.74) is 0.864. The fourth-order valence-electron chi connectivity index (χ4n) is 3.32. The second kappa shape index (κ2) is 3.79. The van der Waals surface area contributed by atoms with E-state index in [2.05, 4.69) is 32.6 Å². The molecule has 0 aromatic heterocycles. The maximum Gasteiger partial charge on any atom is 0.0644 e. The van der Waals surface area contributed by atoms with Crippen LogP contribution in [0.4, 0.5) is 0 Å². The van der Waals surface area contributed by atoms with Crippen molar-refractivity contribution >= 4 is 0 Å². The van der Waals surface area contributed by atoms with Gasteiger partial charge in [-0.05, 0) is 36.0 Å². The van der Waals surface area contributed by atoms with Gasteiger partial charge in [-0.25, -0.2) is 0 Å². The lowest BCUT2D eigenvalue weighted by Crippen LogP contribution is -2.32. The normalized spacial score (nSPS) is 42.4. The average molecular weight is 206 g/mol. The van der Waals surface area contributed by atoms with Gasteiger partial charge in [-0.3, -0.25) is 0 Å². The second-order valence-corrected chi connectivity index (χ2v) is 5.45. The highest BCUT2D eigenvalue weighted by molar-refractivity contribution is 5.23. The van der Waals surface area contributed by atoms with E-state index >= 15 is 0 Å². The molecule has 84 valence electrons. The van der Waals surface area contributed by atoms with E-state index in [1.807, 2.05) is 6.08 Å². The van der Waals surface area contributed by atoms with Gasteiger partial charge in [0.1, 0.15) is 0 Å². The summed E-state index contributed by atoms with van der Waals surface area (Å²) in [5, 5.41) is 0. The first-order valence-electron chi connectivity index (χ1n) is 6.00. The molecule has 0 heterocycles. The van der Waals surface area contributed by atoms with Gasteiger partial charge in [-0.1, -0.05) is 32.1 Å². The van der Waals surface area contributed by atoms with Crippen LogP contribution in [-0.2, 0) is 4.74 Å². The van der Waals surface area contributed by atoms with Gasteiger partial charge in [0.25, 0.3) is 0 Å². The highest BCUT2D eigenvalue weighted by Crippen LogP contribution is 2.63. The highest BCUT2D eigenvalue weighted by Gasteiger charge is 2.55. The number of hydrogen-bond donors (Lipinski definition) is 0. The van der Waals surface area contributed by atoms with Crippen molar-refractivity contribution in [2.75, 3.05) is 13.2 Å². The lowest BCUT2D eigenvalue weighted by atomic mass is 9.67. The van der Waals surface area contributed by atoms with Crippen LogP contribution in [-0.4, -0.2) is 13.2 Å². The molecule has 2 aliphatic carbocycles. The van der Waals surface area contributed by atoms with Crippen molar-refractivity contribution in [3.05, 3.63) is 24.8 Å². The predicted molar refractivity (Wildman–Crippen MR) is 63.7 cm³/mol. The Morgan fingerprint density at radius 3 is 2.80 bits per heavy atom. The van der Waals surface area contributed by atoms with E-state index in [9.17, 15) is 0 Å². The summed E-state index contributed by atoms with van der Waals surface area (Å²) in [5.74, 6) is 0.787. The van der Waals surface area contributed by atoms with Crippen molar-refractivity contribution in [3.63, 3.8) is 0 Å². The molecule has 1 nitrogen and oxygen atoms in total. The van der Waals surface area contributed by atoms with Crippen molar-refractivity contribution in [2.45, 2.75) is 33.1 Å². The van der Waals surface area contributed by atoms with Crippen molar-refractivity contribution in [1.29, 1.82) is 0 Å². The molecule has 3 unspecified atom stereocenters. The molecule has 0 radical (unpaired) electrons. The van der Waals surface area contributed by atoms with Crippen LogP contribution in [0.15, 0.2) is 24.8 Å². The molecule has 1 saturated carbocycles. The molecule has 2 aliphatic rings. The number of ether oxygens (including phenoxy) is 1. The smallest absolute Gasteiger partial charge is 0.0644 e. The largest absolute Gasteiger partial charge is 0.377 e. The SMILES string of the molecule is C=CCOCCC1(C)C2C=CC1(C)CC2. The molecule has 0 aromatic carbocycles.